The van der Waals surface area contributed by atoms with Crippen LogP contribution in [0.25, 0.3) is 0 Å². The SMILES string of the molecule is CCC1OCCC1CNC(=O)NC(C)C(C)C(=O)O. The average Bonchev–Trinajstić information content (AvgIpc) is 2.82. The van der Waals surface area contributed by atoms with E-state index in [1.165, 1.54) is 0 Å². The molecule has 4 atom stereocenters. The number of carboxylic acids is 1. The molecule has 0 radical (unpaired) electrons. The Bertz CT molecular complexity index is 322. The van der Waals surface area contributed by atoms with E-state index in [-0.39, 0.29) is 12.1 Å². The van der Waals surface area contributed by atoms with Crippen molar-refractivity contribution in [3.63, 3.8) is 0 Å². The lowest BCUT2D eigenvalue weighted by atomic mass is 10.00. The fraction of sp³-hybridized carbons (Fsp3) is 0.846. The van der Waals surface area contributed by atoms with E-state index in [0.717, 1.165) is 19.4 Å². The maximum atomic E-state index is 11.7. The van der Waals surface area contributed by atoms with Gasteiger partial charge in [-0.2, -0.15) is 0 Å². The molecule has 1 aliphatic heterocycles. The van der Waals surface area contributed by atoms with Gasteiger partial charge >= 0.3 is 12.0 Å². The summed E-state index contributed by atoms with van der Waals surface area (Å²) in [4.78, 5) is 22.5. The Labute approximate surface area is 113 Å². The average molecular weight is 272 g/mol. The molecule has 6 heteroatoms. The van der Waals surface area contributed by atoms with E-state index in [4.69, 9.17) is 9.84 Å². The molecular weight excluding hydrogens is 248 g/mol. The lowest BCUT2D eigenvalue weighted by Crippen LogP contribution is -2.46. The molecule has 0 aliphatic carbocycles. The van der Waals surface area contributed by atoms with Crippen LogP contribution in [-0.2, 0) is 9.53 Å². The summed E-state index contributed by atoms with van der Waals surface area (Å²) in [6.07, 6.45) is 2.12. The van der Waals surface area contributed by atoms with Gasteiger partial charge < -0.3 is 20.5 Å². The number of ether oxygens (including phenoxy) is 1. The molecule has 110 valence electrons. The molecule has 1 fully saturated rings. The Kier molecular flexibility index (Phi) is 6.08. The lowest BCUT2D eigenvalue weighted by molar-refractivity contribution is -0.141. The van der Waals surface area contributed by atoms with Gasteiger partial charge in [0.2, 0.25) is 0 Å². The third kappa shape index (κ3) is 4.70. The number of hydrogen-bond acceptors (Lipinski definition) is 3. The maximum absolute atomic E-state index is 11.7. The van der Waals surface area contributed by atoms with Gasteiger partial charge in [-0.05, 0) is 26.7 Å². The molecule has 3 N–H and O–H groups in total. The third-order valence-corrected chi connectivity index (χ3v) is 3.77. The number of amides is 2. The van der Waals surface area contributed by atoms with E-state index in [1.54, 1.807) is 13.8 Å². The summed E-state index contributed by atoms with van der Waals surface area (Å²) in [6.45, 7) is 6.65. The zero-order chi connectivity index (χ0) is 14.4. The largest absolute Gasteiger partial charge is 0.481 e. The smallest absolute Gasteiger partial charge is 0.315 e. The Balaban J connectivity index is 2.29. The molecule has 0 bridgehead atoms. The highest BCUT2D eigenvalue weighted by Crippen LogP contribution is 2.22. The summed E-state index contributed by atoms with van der Waals surface area (Å²) in [6, 6.07) is -0.721. The summed E-state index contributed by atoms with van der Waals surface area (Å²) in [5.74, 6) is -1.17. The maximum Gasteiger partial charge on any atom is 0.315 e. The highest BCUT2D eigenvalue weighted by atomic mass is 16.5. The van der Waals surface area contributed by atoms with Gasteiger partial charge in [-0.15, -0.1) is 0 Å². The van der Waals surface area contributed by atoms with Crippen molar-refractivity contribution in [2.45, 2.75) is 45.8 Å². The summed E-state index contributed by atoms with van der Waals surface area (Å²) in [7, 11) is 0. The Hall–Kier alpha value is -1.30. The molecule has 0 aromatic heterocycles. The van der Waals surface area contributed by atoms with Gasteiger partial charge in [0.1, 0.15) is 0 Å². The molecule has 0 spiro atoms. The molecule has 1 heterocycles. The summed E-state index contributed by atoms with van der Waals surface area (Å²) in [5, 5.41) is 14.3. The molecule has 1 rings (SSSR count). The summed E-state index contributed by atoms with van der Waals surface area (Å²) in [5.41, 5.74) is 0. The second kappa shape index (κ2) is 7.33. The van der Waals surface area contributed by atoms with E-state index < -0.39 is 17.9 Å². The van der Waals surface area contributed by atoms with Gasteiger partial charge in [0.15, 0.2) is 0 Å². The zero-order valence-corrected chi connectivity index (χ0v) is 11.8. The van der Waals surface area contributed by atoms with Gasteiger partial charge in [0, 0.05) is 25.1 Å². The van der Waals surface area contributed by atoms with Crippen molar-refractivity contribution in [1.82, 2.24) is 10.6 Å². The minimum Gasteiger partial charge on any atom is -0.481 e. The fourth-order valence-corrected chi connectivity index (χ4v) is 2.20. The standard InChI is InChI=1S/C13H24N2O4/c1-4-11-10(5-6-19-11)7-14-13(18)15-9(3)8(2)12(16)17/h8-11H,4-7H2,1-3H3,(H,16,17)(H2,14,15,18). The number of carboxylic acid groups (broad SMARTS) is 1. The van der Waals surface area contributed by atoms with Gasteiger partial charge in [-0.25, -0.2) is 4.79 Å². The van der Waals surface area contributed by atoms with E-state index in [0.29, 0.717) is 12.5 Å². The van der Waals surface area contributed by atoms with E-state index in [2.05, 4.69) is 17.6 Å². The molecular formula is C13H24N2O4. The van der Waals surface area contributed by atoms with Crippen molar-refractivity contribution < 1.29 is 19.4 Å². The molecule has 1 aliphatic rings. The zero-order valence-electron chi connectivity index (χ0n) is 11.8. The highest BCUT2D eigenvalue weighted by Gasteiger charge is 2.27. The number of rotatable bonds is 6. The van der Waals surface area contributed by atoms with Crippen molar-refractivity contribution >= 4 is 12.0 Å². The van der Waals surface area contributed by atoms with Gasteiger partial charge in [0.25, 0.3) is 0 Å². The van der Waals surface area contributed by atoms with Crippen molar-refractivity contribution in [3.05, 3.63) is 0 Å². The van der Waals surface area contributed by atoms with Crippen LogP contribution in [0.2, 0.25) is 0 Å². The van der Waals surface area contributed by atoms with Crippen LogP contribution >= 0.6 is 0 Å². The van der Waals surface area contributed by atoms with Crippen molar-refractivity contribution in [2.24, 2.45) is 11.8 Å². The minimum absolute atomic E-state index is 0.218. The van der Waals surface area contributed by atoms with Crippen LogP contribution in [-0.4, -0.2) is 42.4 Å². The number of carbonyl (C=O) groups is 2. The van der Waals surface area contributed by atoms with E-state index in [9.17, 15) is 9.59 Å². The second-order valence-corrected chi connectivity index (χ2v) is 5.14. The first-order valence-corrected chi connectivity index (χ1v) is 6.84. The van der Waals surface area contributed by atoms with Crippen LogP contribution < -0.4 is 10.6 Å². The quantitative estimate of drug-likeness (QED) is 0.678. The molecule has 2 amide bonds. The Morgan fingerprint density at radius 1 is 1.42 bits per heavy atom. The van der Waals surface area contributed by atoms with E-state index >= 15 is 0 Å². The van der Waals surface area contributed by atoms with Gasteiger partial charge in [-0.3, -0.25) is 4.79 Å². The summed E-state index contributed by atoms with van der Waals surface area (Å²) >= 11 is 0. The van der Waals surface area contributed by atoms with Crippen LogP contribution in [0.4, 0.5) is 4.79 Å². The monoisotopic (exact) mass is 272 g/mol. The lowest BCUT2D eigenvalue weighted by Gasteiger charge is -2.20. The third-order valence-electron chi connectivity index (χ3n) is 3.77. The van der Waals surface area contributed by atoms with Crippen molar-refractivity contribution in [3.8, 4) is 0 Å². The molecule has 19 heavy (non-hydrogen) atoms. The minimum atomic E-state index is -0.914. The number of aliphatic carboxylic acids is 1. The normalized spacial score (nSPS) is 25.6. The first-order chi connectivity index (χ1) is 8.95. The topological polar surface area (TPSA) is 87.7 Å². The molecule has 0 saturated carbocycles. The second-order valence-electron chi connectivity index (χ2n) is 5.14. The first-order valence-electron chi connectivity index (χ1n) is 6.84. The van der Waals surface area contributed by atoms with Crippen LogP contribution in [0.5, 0.6) is 0 Å². The highest BCUT2D eigenvalue weighted by molar-refractivity contribution is 5.76. The molecule has 4 unspecified atom stereocenters. The van der Waals surface area contributed by atoms with Crippen LogP contribution in [0.15, 0.2) is 0 Å². The molecule has 0 aromatic rings. The Morgan fingerprint density at radius 3 is 2.68 bits per heavy atom. The van der Waals surface area contributed by atoms with Gasteiger partial charge in [0.05, 0.1) is 12.0 Å². The molecule has 0 aromatic carbocycles. The number of urea groups is 1. The molecule has 1 saturated heterocycles. The van der Waals surface area contributed by atoms with Crippen molar-refractivity contribution in [2.75, 3.05) is 13.2 Å². The number of hydrogen-bond donors (Lipinski definition) is 3. The van der Waals surface area contributed by atoms with Crippen LogP contribution in [0, 0.1) is 11.8 Å². The predicted molar refractivity (Wildman–Crippen MR) is 70.9 cm³/mol. The number of nitrogens with one attached hydrogen (secondary N) is 2. The first kappa shape index (κ1) is 15.8. The predicted octanol–water partition coefficient (Wildman–Crippen LogP) is 1.21. The van der Waals surface area contributed by atoms with Crippen LogP contribution in [0.3, 0.4) is 0 Å². The Morgan fingerprint density at radius 2 is 2.11 bits per heavy atom. The van der Waals surface area contributed by atoms with Crippen molar-refractivity contribution in [1.29, 1.82) is 0 Å². The number of carbonyl (C=O) groups excluding carboxylic acids is 1. The summed E-state index contributed by atoms with van der Waals surface area (Å²) < 4.78 is 5.55. The van der Waals surface area contributed by atoms with Crippen LogP contribution in [0.1, 0.15) is 33.6 Å². The molecule has 6 nitrogen and oxygen atoms in total. The van der Waals surface area contributed by atoms with Gasteiger partial charge in [-0.1, -0.05) is 6.92 Å². The fourth-order valence-electron chi connectivity index (χ4n) is 2.20. The van der Waals surface area contributed by atoms with E-state index in [1.807, 2.05) is 0 Å².